The number of carbonyl (C=O) groups excluding carboxylic acids is 2. The molecule has 0 amide bonds. The molecule has 0 N–H and O–H groups in total. The topological polar surface area (TPSA) is 111 Å². The van der Waals surface area contributed by atoms with E-state index < -0.39 is 26.5 Å². The lowest BCUT2D eigenvalue weighted by Gasteiger charge is -2.28. The highest BCUT2D eigenvalue weighted by Crippen LogP contribution is 2.38. The van der Waals surface area contributed by atoms with Gasteiger partial charge in [-0.05, 0) is 51.4 Å². The number of phosphoric acid groups is 1. The van der Waals surface area contributed by atoms with Gasteiger partial charge >= 0.3 is 11.9 Å². The van der Waals surface area contributed by atoms with Crippen molar-refractivity contribution in [3.8, 4) is 0 Å². The third-order valence-corrected chi connectivity index (χ3v) is 16.6. The number of rotatable bonds is 65. The summed E-state index contributed by atoms with van der Waals surface area (Å²) >= 11 is 0. The Morgan fingerprint density at radius 2 is 0.704 bits per heavy atom. The van der Waals surface area contributed by atoms with Gasteiger partial charge in [-0.3, -0.25) is 14.2 Å². The van der Waals surface area contributed by atoms with Crippen LogP contribution in [0, 0.1) is 0 Å². The number of unbranched alkanes of at least 4 members (excludes halogenated alkanes) is 43. The van der Waals surface area contributed by atoms with Crippen LogP contribution in [0.4, 0.5) is 0 Å². The number of quaternary nitrogens is 1. The van der Waals surface area contributed by atoms with Gasteiger partial charge in [0.1, 0.15) is 19.8 Å². The molecular formula is C71H134NO8P. The Hall–Kier alpha value is -2.03. The standard InChI is InChI=1S/C71H134NO8P/c1-6-8-10-12-14-16-18-20-22-24-25-26-27-28-29-30-31-32-33-34-35-36-37-38-39-40-41-42-43-44-45-46-48-49-51-53-55-57-59-61-63-70(73)77-67-69(68-79-81(75,76)78-66-65-72(3,4)5)80-71(74)64-62-60-58-56-54-52-50-47-23-21-19-17-15-13-11-9-7-2/h9,11,15,17,21,23,50,52,69H,6-8,10,12-14,16,18-20,22,24-49,51,53-68H2,1-5H3/b11-9-,17-15-,23-21-,52-50-. The summed E-state index contributed by atoms with van der Waals surface area (Å²) in [6.07, 6.45) is 80.9. The van der Waals surface area contributed by atoms with E-state index in [-0.39, 0.29) is 32.0 Å². The van der Waals surface area contributed by atoms with Crippen LogP contribution in [0.3, 0.4) is 0 Å². The van der Waals surface area contributed by atoms with Crippen LogP contribution < -0.4 is 4.89 Å². The SMILES string of the molecule is CC/C=C\C/C=C\C/C=C\C/C=C\CCCCCCC(=O)OC(COC(=O)CCCCCCCCCCCCCCCCCCCCCCCCCCCCCCCCCCCCCCCCCC)COP(=O)([O-])OCC[N+](C)(C)C. The molecule has 0 fully saturated rings. The van der Waals surface area contributed by atoms with Gasteiger partial charge in [0, 0.05) is 12.8 Å². The normalized spacial score (nSPS) is 13.4. The van der Waals surface area contributed by atoms with E-state index in [4.69, 9.17) is 18.5 Å². The molecule has 9 nitrogen and oxygen atoms in total. The van der Waals surface area contributed by atoms with Crippen LogP contribution in [0.2, 0.25) is 0 Å². The van der Waals surface area contributed by atoms with E-state index in [1.807, 2.05) is 21.1 Å². The molecule has 0 saturated heterocycles. The molecule has 0 rings (SSSR count). The van der Waals surface area contributed by atoms with Crippen molar-refractivity contribution in [3.05, 3.63) is 48.6 Å². The minimum Gasteiger partial charge on any atom is -0.756 e. The van der Waals surface area contributed by atoms with Crippen LogP contribution in [0.25, 0.3) is 0 Å². The van der Waals surface area contributed by atoms with Gasteiger partial charge in [0.2, 0.25) is 0 Å². The number of nitrogens with zero attached hydrogens (tertiary/aromatic N) is 1. The highest BCUT2D eigenvalue weighted by atomic mass is 31.2. The molecular weight excluding hydrogens is 1030 g/mol. The molecule has 0 aliphatic rings. The van der Waals surface area contributed by atoms with Crippen molar-refractivity contribution in [2.75, 3.05) is 47.5 Å². The molecule has 0 radical (unpaired) electrons. The molecule has 0 spiro atoms. The summed E-state index contributed by atoms with van der Waals surface area (Å²) in [4.78, 5) is 37.9. The molecule has 0 aliphatic heterocycles. The highest BCUT2D eigenvalue weighted by molar-refractivity contribution is 7.45. The summed E-state index contributed by atoms with van der Waals surface area (Å²) in [6, 6.07) is 0. The number of ether oxygens (including phenoxy) is 2. The van der Waals surface area contributed by atoms with Gasteiger partial charge < -0.3 is 27.9 Å². The Bertz CT molecular complexity index is 1510. The van der Waals surface area contributed by atoms with E-state index in [2.05, 4.69) is 62.5 Å². The number of phosphoric ester groups is 1. The smallest absolute Gasteiger partial charge is 0.306 e. The second-order valence-electron chi connectivity index (χ2n) is 24.9. The van der Waals surface area contributed by atoms with Crippen molar-refractivity contribution in [2.24, 2.45) is 0 Å². The number of esters is 2. The van der Waals surface area contributed by atoms with Gasteiger partial charge in [-0.25, -0.2) is 0 Å². The maximum atomic E-state index is 12.8. The molecule has 0 aromatic rings. The first-order valence-corrected chi connectivity index (χ1v) is 36.3. The predicted molar refractivity (Wildman–Crippen MR) is 347 cm³/mol. The van der Waals surface area contributed by atoms with Gasteiger partial charge in [0.25, 0.3) is 7.82 Å². The fraction of sp³-hybridized carbons (Fsp3) is 0.859. The molecule has 81 heavy (non-hydrogen) atoms. The molecule has 2 atom stereocenters. The summed E-state index contributed by atoms with van der Waals surface area (Å²) in [6.45, 7) is 4.14. The summed E-state index contributed by atoms with van der Waals surface area (Å²) in [5.41, 5.74) is 0. The van der Waals surface area contributed by atoms with Crippen molar-refractivity contribution in [1.29, 1.82) is 0 Å². The quantitative estimate of drug-likeness (QED) is 0.0195. The fourth-order valence-corrected chi connectivity index (χ4v) is 11.0. The molecule has 0 aromatic carbocycles. The minimum absolute atomic E-state index is 0.0359. The molecule has 476 valence electrons. The van der Waals surface area contributed by atoms with E-state index in [1.54, 1.807) is 0 Å². The molecule has 0 saturated carbocycles. The van der Waals surface area contributed by atoms with Crippen molar-refractivity contribution in [2.45, 2.75) is 347 Å². The number of hydrogen-bond acceptors (Lipinski definition) is 8. The minimum atomic E-state index is -4.64. The Morgan fingerprint density at radius 3 is 1.05 bits per heavy atom. The van der Waals surface area contributed by atoms with Crippen LogP contribution >= 0.6 is 7.82 Å². The van der Waals surface area contributed by atoms with Gasteiger partial charge in [-0.1, -0.05) is 326 Å². The Balaban J connectivity index is 3.86. The number of likely N-dealkylation sites (N-methyl/N-ethyl adjacent to an activating group) is 1. The predicted octanol–water partition coefficient (Wildman–Crippen LogP) is 21.8. The second kappa shape index (κ2) is 62.5. The monoisotopic (exact) mass is 1160 g/mol. The zero-order chi connectivity index (χ0) is 59.1. The van der Waals surface area contributed by atoms with Crippen molar-refractivity contribution in [1.82, 2.24) is 0 Å². The second-order valence-corrected chi connectivity index (χ2v) is 26.3. The molecule has 10 heteroatoms. The molecule has 2 unspecified atom stereocenters. The van der Waals surface area contributed by atoms with E-state index >= 15 is 0 Å². The van der Waals surface area contributed by atoms with Gasteiger partial charge in [0.15, 0.2) is 6.10 Å². The first kappa shape index (κ1) is 79.0. The molecule has 0 aliphatic carbocycles. The first-order chi connectivity index (χ1) is 39.5. The lowest BCUT2D eigenvalue weighted by Crippen LogP contribution is -2.37. The maximum Gasteiger partial charge on any atom is 0.306 e. The van der Waals surface area contributed by atoms with Crippen LogP contribution in [-0.4, -0.2) is 70.0 Å². The third kappa shape index (κ3) is 67.0. The molecule has 0 heterocycles. The largest absolute Gasteiger partial charge is 0.756 e. The molecule has 0 bridgehead atoms. The lowest BCUT2D eigenvalue weighted by atomic mass is 10.0. The average Bonchev–Trinajstić information content (AvgIpc) is 3.43. The first-order valence-electron chi connectivity index (χ1n) is 34.8. The van der Waals surface area contributed by atoms with Crippen molar-refractivity contribution >= 4 is 19.8 Å². The van der Waals surface area contributed by atoms with Crippen LogP contribution in [0.1, 0.15) is 341 Å². The lowest BCUT2D eigenvalue weighted by molar-refractivity contribution is -0.870. The summed E-state index contributed by atoms with van der Waals surface area (Å²) in [5, 5.41) is 0. The third-order valence-electron chi connectivity index (χ3n) is 15.6. The Morgan fingerprint density at radius 1 is 0.395 bits per heavy atom. The summed E-state index contributed by atoms with van der Waals surface area (Å²) < 4.78 is 34.2. The van der Waals surface area contributed by atoms with Crippen LogP contribution in [0.5, 0.6) is 0 Å². The molecule has 0 aromatic heterocycles. The summed E-state index contributed by atoms with van der Waals surface area (Å²) in [7, 11) is 1.16. The van der Waals surface area contributed by atoms with E-state index in [0.29, 0.717) is 17.4 Å². The van der Waals surface area contributed by atoms with E-state index in [0.717, 1.165) is 70.6 Å². The van der Waals surface area contributed by atoms with Crippen molar-refractivity contribution < 1.29 is 42.1 Å². The zero-order valence-electron chi connectivity index (χ0n) is 54.2. The van der Waals surface area contributed by atoms with Crippen molar-refractivity contribution in [3.63, 3.8) is 0 Å². The van der Waals surface area contributed by atoms with E-state index in [9.17, 15) is 19.0 Å². The number of carbonyl (C=O) groups is 2. The zero-order valence-corrected chi connectivity index (χ0v) is 55.1. The van der Waals surface area contributed by atoms with Gasteiger partial charge in [-0.15, -0.1) is 0 Å². The van der Waals surface area contributed by atoms with Crippen LogP contribution in [0.15, 0.2) is 48.6 Å². The van der Waals surface area contributed by atoms with Crippen LogP contribution in [-0.2, 0) is 32.7 Å². The number of hydrogen-bond donors (Lipinski definition) is 0. The van der Waals surface area contributed by atoms with Gasteiger partial charge in [0.05, 0.1) is 27.7 Å². The maximum absolute atomic E-state index is 12.8. The number of allylic oxidation sites excluding steroid dienone is 8. The Kier molecular flexibility index (Phi) is 60.9. The Labute approximate surface area is 503 Å². The van der Waals surface area contributed by atoms with Gasteiger partial charge in [-0.2, -0.15) is 0 Å². The summed E-state index contributed by atoms with van der Waals surface area (Å²) in [5.74, 6) is -0.849. The average molecular weight is 1160 g/mol. The highest BCUT2D eigenvalue weighted by Gasteiger charge is 2.22. The fourth-order valence-electron chi connectivity index (χ4n) is 10.3. The van der Waals surface area contributed by atoms with E-state index in [1.165, 1.54) is 238 Å².